The maximum Gasteiger partial charge on any atom is 0.586 e. The zero-order valence-corrected chi connectivity index (χ0v) is 7.72. The van der Waals surface area contributed by atoms with Crippen molar-refractivity contribution in [3.63, 3.8) is 0 Å². The highest BCUT2D eigenvalue weighted by atomic mass is 19.3. The Morgan fingerprint density at radius 3 is 2.50 bits per heavy atom. The van der Waals surface area contributed by atoms with E-state index in [-0.39, 0.29) is 11.5 Å². The summed E-state index contributed by atoms with van der Waals surface area (Å²) in [6, 6.07) is 0. The molecule has 2 nitrogen and oxygen atoms in total. The Hall–Kier alpha value is -1.58. The Kier molecular flexibility index (Phi) is 2.74. The van der Waals surface area contributed by atoms with Gasteiger partial charge in [-0.05, 0) is 18.6 Å². The molecule has 0 fully saturated rings. The summed E-state index contributed by atoms with van der Waals surface area (Å²) in [6.07, 6.45) is 0.595. The van der Waals surface area contributed by atoms with Gasteiger partial charge in [0.1, 0.15) is 0 Å². The van der Waals surface area contributed by atoms with Gasteiger partial charge in [0, 0.05) is 0 Å². The highest BCUT2D eigenvalue weighted by Gasteiger charge is 2.44. The summed E-state index contributed by atoms with van der Waals surface area (Å²) in [4.78, 5) is 0. The smallest absolute Gasteiger partial charge is 0.395 e. The van der Waals surface area contributed by atoms with Gasteiger partial charge < -0.3 is 9.47 Å². The maximum absolute atomic E-state index is 12.6. The molecule has 0 spiro atoms. The Balaban J connectivity index is 3.01. The number of hydrogen-bond acceptors (Lipinski definition) is 2. The third kappa shape index (κ3) is 2.02. The molecule has 0 unspecified atom stereocenters. The SMILES string of the molecule is C=C/C=C(/C)C1=C(C=C)OC(F)(F)O1. The third-order valence-corrected chi connectivity index (χ3v) is 1.58. The second-order valence-electron chi connectivity index (χ2n) is 2.65. The van der Waals surface area contributed by atoms with E-state index in [0.29, 0.717) is 5.57 Å². The first kappa shape index (κ1) is 10.5. The summed E-state index contributed by atoms with van der Waals surface area (Å²) in [5.41, 5.74) is 0.507. The predicted octanol–water partition coefficient (Wildman–Crippen LogP) is 3.11. The van der Waals surface area contributed by atoms with Crippen molar-refractivity contribution in [2.75, 3.05) is 0 Å². The van der Waals surface area contributed by atoms with Crippen LogP contribution in [0.3, 0.4) is 0 Å². The average Bonchev–Trinajstić information content (AvgIpc) is 2.41. The molecular weight excluding hydrogens is 190 g/mol. The van der Waals surface area contributed by atoms with Gasteiger partial charge in [0.2, 0.25) is 0 Å². The molecule has 4 heteroatoms. The number of halogens is 2. The van der Waals surface area contributed by atoms with Crippen molar-refractivity contribution < 1.29 is 18.3 Å². The highest BCUT2D eigenvalue weighted by molar-refractivity contribution is 5.34. The Bertz CT molecular complexity index is 327. The minimum absolute atomic E-state index is 0.00935. The first-order valence-electron chi connectivity index (χ1n) is 3.92. The number of rotatable bonds is 3. The summed E-state index contributed by atoms with van der Waals surface area (Å²) in [5, 5.41) is 0. The van der Waals surface area contributed by atoms with Crippen molar-refractivity contribution in [3.05, 3.63) is 48.5 Å². The molecule has 0 aromatic heterocycles. The van der Waals surface area contributed by atoms with Crippen molar-refractivity contribution in [3.8, 4) is 0 Å². The second kappa shape index (κ2) is 3.65. The fourth-order valence-corrected chi connectivity index (χ4v) is 1.03. The molecule has 76 valence electrons. The minimum Gasteiger partial charge on any atom is -0.395 e. The predicted molar refractivity (Wildman–Crippen MR) is 48.3 cm³/mol. The largest absolute Gasteiger partial charge is 0.586 e. The molecule has 0 aromatic carbocycles. The Labute approximate surface area is 80.8 Å². The van der Waals surface area contributed by atoms with Crippen LogP contribution in [0, 0.1) is 0 Å². The molecular formula is C10H10F2O2. The molecule has 0 saturated carbocycles. The van der Waals surface area contributed by atoms with E-state index in [9.17, 15) is 8.78 Å². The van der Waals surface area contributed by atoms with Crippen LogP contribution in [0.5, 0.6) is 0 Å². The van der Waals surface area contributed by atoms with Crippen LogP contribution < -0.4 is 0 Å². The van der Waals surface area contributed by atoms with Crippen LogP contribution >= 0.6 is 0 Å². The van der Waals surface area contributed by atoms with Gasteiger partial charge in [-0.2, -0.15) is 0 Å². The van der Waals surface area contributed by atoms with Crippen LogP contribution in [-0.4, -0.2) is 6.29 Å². The van der Waals surface area contributed by atoms with Crippen molar-refractivity contribution in [2.45, 2.75) is 13.2 Å². The van der Waals surface area contributed by atoms with Gasteiger partial charge in [-0.3, -0.25) is 0 Å². The van der Waals surface area contributed by atoms with E-state index in [1.54, 1.807) is 13.0 Å². The van der Waals surface area contributed by atoms with Crippen LogP contribution in [0.4, 0.5) is 8.78 Å². The summed E-state index contributed by atoms with van der Waals surface area (Å²) >= 11 is 0. The molecule has 1 aliphatic rings. The first-order valence-corrected chi connectivity index (χ1v) is 3.92. The topological polar surface area (TPSA) is 18.5 Å². The van der Waals surface area contributed by atoms with Crippen LogP contribution in [0.1, 0.15) is 6.92 Å². The molecule has 0 saturated heterocycles. The first-order chi connectivity index (χ1) is 6.50. The lowest BCUT2D eigenvalue weighted by atomic mass is 10.2. The number of alkyl halides is 2. The van der Waals surface area contributed by atoms with Crippen molar-refractivity contribution in [2.24, 2.45) is 0 Å². The normalized spacial score (nSPS) is 20.1. The fourth-order valence-electron chi connectivity index (χ4n) is 1.03. The van der Waals surface area contributed by atoms with E-state index < -0.39 is 6.29 Å². The Morgan fingerprint density at radius 1 is 1.36 bits per heavy atom. The second-order valence-corrected chi connectivity index (χ2v) is 2.65. The number of hydrogen-bond donors (Lipinski definition) is 0. The minimum atomic E-state index is -3.60. The van der Waals surface area contributed by atoms with Gasteiger partial charge in [0.25, 0.3) is 0 Å². The van der Waals surface area contributed by atoms with Gasteiger partial charge in [-0.1, -0.05) is 25.3 Å². The summed E-state index contributed by atoms with van der Waals surface area (Å²) < 4.78 is 33.8. The zero-order valence-electron chi connectivity index (χ0n) is 7.72. The standard InChI is InChI=1S/C10H10F2O2/c1-4-6-7(3)9-8(5-2)13-10(11,12)14-9/h4-6H,1-2H2,3H3/b7-6-. The van der Waals surface area contributed by atoms with Gasteiger partial charge in [0.15, 0.2) is 11.5 Å². The lowest BCUT2D eigenvalue weighted by Crippen LogP contribution is -2.16. The molecule has 0 atom stereocenters. The number of ether oxygens (including phenoxy) is 2. The van der Waals surface area contributed by atoms with E-state index in [4.69, 9.17) is 0 Å². The van der Waals surface area contributed by atoms with Crippen LogP contribution in [0.2, 0.25) is 0 Å². The summed E-state index contributed by atoms with van der Waals surface area (Å²) in [7, 11) is 0. The van der Waals surface area contributed by atoms with Crippen molar-refractivity contribution in [1.82, 2.24) is 0 Å². The van der Waals surface area contributed by atoms with Gasteiger partial charge >= 0.3 is 6.29 Å². The molecule has 1 heterocycles. The molecule has 0 bridgehead atoms. The van der Waals surface area contributed by atoms with E-state index in [0.717, 1.165) is 0 Å². The van der Waals surface area contributed by atoms with Gasteiger partial charge in [-0.15, -0.1) is 8.78 Å². The number of allylic oxidation sites excluding steroid dienone is 4. The summed E-state index contributed by atoms with van der Waals surface area (Å²) in [6.45, 7) is 8.42. The zero-order chi connectivity index (χ0) is 10.8. The monoisotopic (exact) mass is 200 g/mol. The average molecular weight is 200 g/mol. The quantitative estimate of drug-likeness (QED) is 0.651. The Morgan fingerprint density at radius 2 is 2.00 bits per heavy atom. The van der Waals surface area contributed by atoms with E-state index >= 15 is 0 Å². The fraction of sp³-hybridized carbons (Fsp3) is 0.200. The molecule has 0 radical (unpaired) electrons. The van der Waals surface area contributed by atoms with Crippen molar-refractivity contribution in [1.29, 1.82) is 0 Å². The molecule has 0 aliphatic carbocycles. The van der Waals surface area contributed by atoms with Crippen LogP contribution in [0.25, 0.3) is 0 Å². The van der Waals surface area contributed by atoms with E-state index in [1.165, 1.54) is 12.2 Å². The molecule has 0 amide bonds. The highest BCUT2D eigenvalue weighted by Crippen LogP contribution is 2.36. The summed E-state index contributed by atoms with van der Waals surface area (Å²) in [5.74, 6) is -0.0736. The van der Waals surface area contributed by atoms with E-state index in [1.807, 2.05) is 0 Å². The molecule has 0 aromatic rings. The van der Waals surface area contributed by atoms with Crippen molar-refractivity contribution >= 4 is 0 Å². The molecule has 0 N–H and O–H groups in total. The van der Waals surface area contributed by atoms with Gasteiger partial charge in [-0.25, -0.2) is 0 Å². The van der Waals surface area contributed by atoms with Crippen LogP contribution in [-0.2, 0) is 9.47 Å². The molecule has 14 heavy (non-hydrogen) atoms. The maximum atomic E-state index is 12.6. The van der Waals surface area contributed by atoms with Gasteiger partial charge in [0.05, 0.1) is 0 Å². The lowest BCUT2D eigenvalue weighted by Gasteiger charge is -2.07. The molecule has 1 aliphatic heterocycles. The van der Waals surface area contributed by atoms with E-state index in [2.05, 4.69) is 22.6 Å². The lowest BCUT2D eigenvalue weighted by molar-refractivity contribution is -0.335. The molecule has 1 rings (SSSR count). The van der Waals surface area contributed by atoms with Crippen LogP contribution in [0.15, 0.2) is 48.5 Å². The third-order valence-electron chi connectivity index (χ3n) is 1.58.